The second kappa shape index (κ2) is 8.38. The van der Waals surface area contributed by atoms with Gasteiger partial charge in [0.2, 0.25) is 0 Å². The lowest BCUT2D eigenvalue weighted by Crippen LogP contribution is -2.44. The van der Waals surface area contributed by atoms with Gasteiger partial charge in [0.1, 0.15) is 11.6 Å². The molecular formula is C17H31N5O2. The van der Waals surface area contributed by atoms with Crippen LogP contribution in [0.3, 0.4) is 0 Å². The molecule has 3 heterocycles. The molecule has 0 amide bonds. The molecule has 2 saturated heterocycles. The van der Waals surface area contributed by atoms with E-state index in [2.05, 4.69) is 31.6 Å². The molecular weight excluding hydrogens is 306 g/mol. The monoisotopic (exact) mass is 337 g/mol. The molecule has 7 nitrogen and oxygen atoms in total. The Morgan fingerprint density at radius 1 is 1.17 bits per heavy atom. The molecule has 1 aromatic heterocycles. The maximum absolute atomic E-state index is 9.03. The van der Waals surface area contributed by atoms with E-state index < -0.39 is 0 Å². The SMILES string of the molecule is CN(CCO)Cc1nnc(C2CCN(C3CCOCC3)CC2)n1C. The summed E-state index contributed by atoms with van der Waals surface area (Å²) in [4.78, 5) is 4.72. The summed E-state index contributed by atoms with van der Waals surface area (Å²) in [5.74, 6) is 2.61. The molecule has 1 aromatic rings. The third-order valence-electron chi connectivity index (χ3n) is 5.49. The number of ether oxygens (including phenoxy) is 1. The van der Waals surface area contributed by atoms with Crippen molar-refractivity contribution in [2.45, 2.75) is 44.2 Å². The van der Waals surface area contributed by atoms with Crippen molar-refractivity contribution in [1.29, 1.82) is 0 Å². The fourth-order valence-electron chi connectivity index (χ4n) is 3.93. The van der Waals surface area contributed by atoms with Gasteiger partial charge in [-0.15, -0.1) is 10.2 Å². The van der Waals surface area contributed by atoms with Crippen LogP contribution in [-0.4, -0.2) is 82.2 Å². The van der Waals surface area contributed by atoms with E-state index in [-0.39, 0.29) is 6.61 Å². The number of nitrogens with zero attached hydrogens (tertiary/aromatic N) is 5. The van der Waals surface area contributed by atoms with E-state index in [1.807, 2.05) is 7.05 Å². The van der Waals surface area contributed by atoms with Crippen LogP contribution >= 0.6 is 0 Å². The Morgan fingerprint density at radius 3 is 2.54 bits per heavy atom. The molecule has 0 aromatic carbocycles. The molecule has 1 N–H and O–H groups in total. The minimum Gasteiger partial charge on any atom is -0.395 e. The van der Waals surface area contributed by atoms with Crippen LogP contribution in [0.5, 0.6) is 0 Å². The molecule has 0 radical (unpaired) electrons. The van der Waals surface area contributed by atoms with E-state index in [0.717, 1.165) is 57.3 Å². The molecule has 2 fully saturated rings. The molecule has 0 bridgehead atoms. The van der Waals surface area contributed by atoms with Gasteiger partial charge in [0, 0.05) is 38.8 Å². The number of likely N-dealkylation sites (N-methyl/N-ethyl adjacent to an activating group) is 1. The number of hydrogen-bond donors (Lipinski definition) is 1. The largest absolute Gasteiger partial charge is 0.395 e. The Morgan fingerprint density at radius 2 is 1.88 bits per heavy atom. The fraction of sp³-hybridized carbons (Fsp3) is 0.882. The first kappa shape index (κ1) is 17.8. The zero-order chi connectivity index (χ0) is 16.9. The van der Waals surface area contributed by atoms with Crippen molar-refractivity contribution < 1.29 is 9.84 Å². The molecule has 2 aliphatic rings. The van der Waals surface area contributed by atoms with Gasteiger partial charge in [0.25, 0.3) is 0 Å². The van der Waals surface area contributed by atoms with E-state index in [1.54, 1.807) is 0 Å². The number of piperidine rings is 1. The zero-order valence-electron chi connectivity index (χ0n) is 15.0. The Balaban J connectivity index is 1.55. The van der Waals surface area contributed by atoms with Crippen molar-refractivity contribution in [3.63, 3.8) is 0 Å². The molecule has 0 atom stereocenters. The zero-order valence-corrected chi connectivity index (χ0v) is 15.0. The fourth-order valence-corrected chi connectivity index (χ4v) is 3.93. The van der Waals surface area contributed by atoms with Crippen LogP contribution in [0.2, 0.25) is 0 Å². The van der Waals surface area contributed by atoms with Gasteiger partial charge < -0.3 is 19.3 Å². The standard InChI is InChI=1S/C17H31N5O2/c1-20(9-10-23)13-16-18-19-17(21(16)2)14-3-7-22(8-4-14)15-5-11-24-12-6-15/h14-15,23H,3-13H2,1-2H3. The molecule has 3 rings (SSSR count). The molecule has 2 aliphatic heterocycles. The number of rotatable bonds is 6. The summed E-state index contributed by atoms with van der Waals surface area (Å²) < 4.78 is 7.64. The maximum Gasteiger partial charge on any atom is 0.146 e. The lowest BCUT2D eigenvalue weighted by Gasteiger charge is -2.38. The first-order chi connectivity index (χ1) is 11.7. The summed E-state index contributed by atoms with van der Waals surface area (Å²) >= 11 is 0. The van der Waals surface area contributed by atoms with Gasteiger partial charge in [-0.3, -0.25) is 4.90 Å². The van der Waals surface area contributed by atoms with Crippen LogP contribution in [0, 0.1) is 0 Å². The summed E-state index contributed by atoms with van der Waals surface area (Å²) in [6, 6.07) is 0.710. The van der Waals surface area contributed by atoms with Crippen LogP contribution in [0.25, 0.3) is 0 Å². The van der Waals surface area contributed by atoms with Gasteiger partial charge in [-0.2, -0.15) is 0 Å². The summed E-state index contributed by atoms with van der Waals surface area (Å²) in [5.41, 5.74) is 0. The highest BCUT2D eigenvalue weighted by Gasteiger charge is 2.29. The number of aromatic nitrogens is 3. The minimum absolute atomic E-state index is 0.172. The first-order valence-electron chi connectivity index (χ1n) is 9.18. The molecule has 24 heavy (non-hydrogen) atoms. The summed E-state index contributed by atoms with van der Waals surface area (Å²) in [6.45, 7) is 5.70. The molecule has 136 valence electrons. The average molecular weight is 337 g/mol. The lowest BCUT2D eigenvalue weighted by atomic mass is 9.93. The van der Waals surface area contributed by atoms with Gasteiger partial charge in [-0.05, 0) is 45.8 Å². The highest BCUT2D eigenvalue weighted by Crippen LogP contribution is 2.29. The highest BCUT2D eigenvalue weighted by atomic mass is 16.5. The summed E-state index contributed by atoms with van der Waals surface area (Å²) in [6.07, 6.45) is 4.68. The topological polar surface area (TPSA) is 66.7 Å². The number of aliphatic hydroxyl groups excluding tert-OH is 1. The van der Waals surface area contributed by atoms with Crippen LogP contribution in [-0.2, 0) is 18.3 Å². The van der Waals surface area contributed by atoms with Crippen molar-refractivity contribution in [3.05, 3.63) is 11.6 Å². The summed E-state index contributed by atoms with van der Waals surface area (Å²) in [5, 5.41) is 17.9. The van der Waals surface area contributed by atoms with Gasteiger partial charge in [-0.25, -0.2) is 0 Å². The van der Waals surface area contributed by atoms with Crippen LogP contribution < -0.4 is 0 Å². The van der Waals surface area contributed by atoms with E-state index in [1.165, 1.54) is 12.8 Å². The van der Waals surface area contributed by atoms with Crippen molar-refractivity contribution in [3.8, 4) is 0 Å². The maximum atomic E-state index is 9.03. The van der Waals surface area contributed by atoms with Gasteiger partial charge >= 0.3 is 0 Å². The Bertz CT molecular complexity index is 507. The number of likely N-dealkylation sites (tertiary alicyclic amines) is 1. The molecule has 0 unspecified atom stereocenters. The minimum atomic E-state index is 0.172. The second-order valence-corrected chi connectivity index (χ2v) is 7.15. The third kappa shape index (κ3) is 4.14. The van der Waals surface area contributed by atoms with E-state index in [4.69, 9.17) is 9.84 Å². The van der Waals surface area contributed by atoms with Crippen molar-refractivity contribution >= 4 is 0 Å². The molecule has 0 saturated carbocycles. The highest BCUT2D eigenvalue weighted by molar-refractivity contribution is 5.03. The molecule has 7 heteroatoms. The Kier molecular flexibility index (Phi) is 6.21. The first-order valence-corrected chi connectivity index (χ1v) is 9.18. The number of hydrogen-bond acceptors (Lipinski definition) is 6. The van der Waals surface area contributed by atoms with Crippen LogP contribution in [0.1, 0.15) is 43.3 Å². The Labute approximate surface area is 144 Å². The molecule has 0 spiro atoms. The number of aliphatic hydroxyl groups is 1. The van der Waals surface area contributed by atoms with Crippen LogP contribution in [0.4, 0.5) is 0 Å². The van der Waals surface area contributed by atoms with Gasteiger partial charge in [0.05, 0.1) is 13.2 Å². The average Bonchev–Trinajstić information content (AvgIpc) is 2.97. The van der Waals surface area contributed by atoms with E-state index >= 15 is 0 Å². The van der Waals surface area contributed by atoms with Crippen molar-refractivity contribution in [2.24, 2.45) is 7.05 Å². The van der Waals surface area contributed by atoms with Gasteiger partial charge in [-0.1, -0.05) is 0 Å². The molecule has 0 aliphatic carbocycles. The quantitative estimate of drug-likeness (QED) is 0.820. The van der Waals surface area contributed by atoms with Gasteiger partial charge in [0.15, 0.2) is 0 Å². The lowest BCUT2D eigenvalue weighted by molar-refractivity contribution is 0.0247. The third-order valence-corrected chi connectivity index (χ3v) is 5.49. The predicted octanol–water partition coefficient (Wildman–Crippen LogP) is 0.598. The smallest absolute Gasteiger partial charge is 0.146 e. The predicted molar refractivity (Wildman–Crippen MR) is 91.8 cm³/mol. The van der Waals surface area contributed by atoms with Crippen LogP contribution in [0.15, 0.2) is 0 Å². The Hall–Kier alpha value is -1.02. The van der Waals surface area contributed by atoms with Crippen molar-refractivity contribution in [2.75, 3.05) is 46.5 Å². The second-order valence-electron chi connectivity index (χ2n) is 7.15. The van der Waals surface area contributed by atoms with E-state index in [9.17, 15) is 0 Å². The van der Waals surface area contributed by atoms with Crippen molar-refractivity contribution in [1.82, 2.24) is 24.6 Å². The normalized spacial score (nSPS) is 21.7. The summed E-state index contributed by atoms with van der Waals surface area (Å²) in [7, 11) is 4.07. The van der Waals surface area contributed by atoms with E-state index in [0.29, 0.717) is 18.5 Å².